The van der Waals surface area contributed by atoms with Crippen LogP contribution in [0.5, 0.6) is 0 Å². The average molecular weight is 474 g/mol. The second-order valence-corrected chi connectivity index (χ2v) is 8.35. The van der Waals surface area contributed by atoms with Gasteiger partial charge in [0.1, 0.15) is 23.5 Å². The number of nitrogens with one attached hydrogen (secondary N) is 2. The minimum Gasteiger partial charge on any atom is -0.347 e. The smallest absolute Gasteiger partial charge is 0.270 e. The van der Waals surface area contributed by atoms with Gasteiger partial charge in [-0.05, 0) is 60.2 Å². The lowest BCUT2D eigenvalue weighted by molar-refractivity contribution is 0.0931. The highest BCUT2D eigenvalue weighted by atomic mass is 19.1. The lowest BCUT2D eigenvalue weighted by Crippen LogP contribution is -2.29. The minimum absolute atomic E-state index is 0.0643. The van der Waals surface area contributed by atoms with Gasteiger partial charge in [-0.1, -0.05) is 38.5 Å². The highest BCUT2D eigenvalue weighted by Crippen LogP contribution is 2.31. The van der Waals surface area contributed by atoms with Gasteiger partial charge in [-0.15, -0.1) is 0 Å². The fourth-order valence-corrected chi connectivity index (χ4v) is 3.76. The molecule has 1 aliphatic rings. The number of amides is 2. The standard InChI is InChI=1S/C24H20FN5O2.C3H8/c1-14-8-16(3-6-19(14)25)12-27-23(31)21-10-22(29-13-28-21)24(32)30-20-7-4-17-9-15(11-26)2-5-18(17)20;1-3-2/h2-3,5-6,8-10,13,20H,4,7,12H2,1H3,(H,27,31)(H,30,32);3H2,1-2H3. The van der Waals surface area contributed by atoms with Crippen LogP contribution < -0.4 is 10.6 Å². The lowest BCUT2D eigenvalue weighted by atomic mass is 10.1. The molecule has 0 fully saturated rings. The van der Waals surface area contributed by atoms with Gasteiger partial charge in [-0.3, -0.25) is 9.59 Å². The molecule has 1 aromatic heterocycles. The molecule has 1 unspecified atom stereocenters. The van der Waals surface area contributed by atoms with Gasteiger partial charge in [0, 0.05) is 12.6 Å². The van der Waals surface area contributed by atoms with Crippen LogP contribution in [0.3, 0.4) is 0 Å². The third kappa shape index (κ3) is 6.48. The van der Waals surface area contributed by atoms with Crippen molar-refractivity contribution in [1.29, 1.82) is 5.26 Å². The second kappa shape index (κ2) is 11.8. The highest BCUT2D eigenvalue weighted by Gasteiger charge is 2.25. The van der Waals surface area contributed by atoms with E-state index in [4.69, 9.17) is 5.26 Å². The Kier molecular flexibility index (Phi) is 8.63. The number of aryl methyl sites for hydroxylation is 2. The summed E-state index contributed by atoms with van der Waals surface area (Å²) in [5.41, 5.74) is 4.03. The van der Waals surface area contributed by atoms with Crippen molar-refractivity contribution in [3.05, 3.63) is 93.8 Å². The monoisotopic (exact) mass is 473 g/mol. The number of carbonyl (C=O) groups is 2. The topological polar surface area (TPSA) is 108 Å². The Bertz CT molecular complexity index is 1270. The van der Waals surface area contributed by atoms with Crippen molar-refractivity contribution >= 4 is 11.8 Å². The van der Waals surface area contributed by atoms with Gasteiger partial charge < -0.3 is 10.6 Å². The summed E-state index contributed by atoms with van der Waals surface area (Å²) in [4.78, 5) is 33.2. The van der Waals surface area contributed by atoms with Gasteiger partial charge in [0.2, 0.25) is 0 Å². The molecule has 1 aliphatic carbocycles. The number of halogens is 1. The van der Waals surface area contributed by atoms with Crippen LogP contribution >= 0.6 is 0 Å². The van der Waals surface area contributed by atoms with Crippen molar-refractivity contribution < 1.29 is 14.0 Å². The Morgan fingerprint density at radius 1 is 1.09 bits per heavy atom. The summed E-state index contributed by atoms with van der Waals surface area (Å²) in [6.07, 6.45) is 3.93. The fraction of sp³-hybridized carbons (Fsp3) is 0.296. The third-order valence-corrected chi connectivity index (χ3v) is 5.46. The molecule has 3 aromatic rings. The fourth-order valence-electron chi connectivity index (χ4n) is 3.76. The van der Waals surface area contributed by atoms with Crippen molar-refractivity contribution in [2.45, 2.75) is 52.6 Å². The average Bonchev–Trinajstić information content (AvgIpc) is 3.26. The molecule has 8 heteroatoms. The highest BCUT2D eigenvalue weighted by molar-refractivity contribution is 5.97. The van der Waals surface area contributed by atoms with Gasteiger partial charge in [0.05, 0.1) is 17.7 Å². The number of rotatable bonds is 5. The molecule has 4 rings (SSSR count). The van der Waals surface area contributed by atoms with Crippen molar-refractivity contribution in [2.75, 3.05) is 0 Å². The maximum Gasteiger partial charge on any atom is 0.270 e. The van der Waals surface area contributed by atoms with E-state index in [1.54, 1.807) is 25.1 Å². The van der Waals surface area contributed by atoms with Crippen molar-refractivity contribution in [2.24, 2.45) is 0 Å². The summed E-state index contributed by atoms with van der Waals surface area (Å²) in [7, 11) is 0. The van der Waals surface area contributed by atoms with E-state index in [-0.39, 0.29) is 29.8 Å². The van der Waals surface area contributed by atoms with E-state index < -0.39 is 11.8 Å². The number of benzene rings is 2. The summed E-state index contributed by atoms with van der Waals surface area (Å²) in [5, 5.41) is 14.7. The molecule has 1 atom stereocenters. The summed E-state index contributed by atoms with van der Waals surface area (Å²) in [5.74, 6) is -1.17. The molecule has 2 aromatic carbocycles. The van der Waals surface area contributed by atoms with Gasteiger partial charge in [0.15, 0.2) is 0 Å². The van der Waals surface area contributed by atoms with E-state index in [0.717, 1.165) is 29.5 Å². The Hall–Kier alpha value is -4.12. The molecule has 180 valence electrons. The Morgan fingerprint density at radius 2 is 1.80 bits per heavy atom. The zero-order valence-electron chi connectivity index (χ0n) is 20.1. The van der Waals surface area contributed by atoms with E-state index in [1.165, 1.54) is 24.9 Å². The van der Waals surface area contributed by atoms with Gasteiger partial charge >= 0.3 is 0 Å². The number of nitriles is 1. The number of hydrogen-bond donors (Lipinski definition) is 2. The molecule has 7 nitrogen and oxygen atoms in total. The molecule has 0 bridgehead atoms. The molecule has 0 radical (unpaired) electrons. The third-order valence-electron chi connectivity index (χ3n) is 5.46. The van der Waals surface area contributed by atoms with E-state index in [0.29, 0.717) is 11.1 Å². The van der Waals surface area contributed by atoms with Crippen LogP contribution in [0.15, 0.2) is 48.8 Å². The molecule has 0 saturated heterocycles. The summed E-state index contributed by atoms with van der Waals surface area (Å²) in [6, 6.07) is 13.3. The van der Waals surface area contributed by atoms with Crippen LogP contribution in [-0.2, 0) is 13.0 Å². The molecule has 1 heterocycles. The van der Waals surface area contributed by atoms with E-state index in [2.05, 4.69) is 40.5 Å². The Morgan fingerprint density at radius 3 is 2.49 bits per heavy atom. The number of carbonyl (C=O) groups excluding carboxylic acids is 2. The van der Waals surface area contributed by atoms with E-state index in [1.807, 2.05) is 12.1 Å². The molecule has 0 spiro atoms. The van der Waals surface area contributed by atoms with Crippen LogP contribution in [0.2, 0.25) is 0 Å². The van der Waals surface area contributed by atoms with Crippen molar-refractivity contribution in [1.82, 2.24) is 20.6 Å². The van der Waals surface area contributed by atoms with Gasteiger partial charge in [-0.25, -0.2) is 14.4 Å². The maximum atomic E-state index is 13.4. The SMILES string of the molecule is CCC.Cc1cc(CNC(=O)c2cc(C(=O)NC3CCc4cc(C#N)ccc43)ncn2)ccc1F. The Labute approximate surface area is 204 Å². The first-order valence-corrected chi connectivity index (χ1v) is 11.5. The maximum absolute atomic E-state index is 13.4. The number of hydrogen-bond acceptors (Lipinski definition) is 5. The minimum atomic E-state index is -0.460. The van der Waals surface area contributed by atoms with Gasteiger partial charge in [-0.2, -0.15) is 5.26 Å². The summed E-state index contributed by atoms with van der Waals surface area (Å²) in [6.45, 7) is 6.11. The van der Waals surface area contributed by atoms with E-state index in [9.17, 15) is 14.0 Å². The number of fused-ring (bicyclic) bond motifs is 1. The molecule has 2 amide bonds. The van der Waals surface area contributed by atoms with Crippen LogP contribution in [0.4, 0.5) is 4.39 Å². The van der Waals surface area contributed by atoms with Crippen LogP contribution in [-0.4, -0.2) is 21.8 Å². The summed E-state index contributed by atoms with van der Waals surface area (Å²) < 4.78 is 13.4. The zero-order valence-corrected chi connectivity index (χ0v) is 20.1. The van der Waals surface area contributed by atoms with Crippen LogP contribution in [0.25, 0.3) is 0 Å². The molecule has 2 N–H and O–H groups in total. The Balaban J connectivity index is 0.00000108. The number of nitrogens with zero attached hydrogens (tertiary/aromatic N) is 3. The van der Waals surface area contributed by atoms with Crippen molar-refractivity contribution in [3.63, 3.8) is 0 Å². The first-order chi connectivity index (χ1) is 16.9. The number of aromatic nitrogens is 2. The second-order valence-electron chi connectivity index (χ2n) is 8.35. The molecule has 35 heavy (non-hydrogen) atoms. The van der Waals surface area contributed by atoms with Crippen molar-refractivity contribution in [3.8, 4) is 6.07 Å². The first kappa shape index (κ1) is 25.5. The molecule has 0 aliphatic heterocycles. The predicted molar refractivity (Wildman–Crippen MR) is 130 cm³/mol. The normalized spacial score (nSPS) is 13.6. The van der Waals surface area contributed by atoms with E-state index >= 15 is 0 Å². The summed E-state index contributed by atoms with van der Waals surface area (Å²) >= 11 is 0. The molecular weight excluding hydrogens is 445 g/mol. The van der Waals surface area contributed by atoms with Gasteiger partial charge in [0.25, 0.3) is 11.8 Å². The quantitative estimate of drug-likeness (QED) is 0.565. The molecular formula is C27H28FN5O2. The van der Waals surface area contributed by atoms with Crippen LogP contribution in [0, 0.1) is 24.1 Å². The largest absolute Gasteiger partial charge is 0.347 e. The predicted octanol–water partition coefficient (Wildman–Crippen LogP) is 4.56. The van der Waals surface area contributed by atoms with Crippen LogP contribution in [0.1, 0.15) is 81.5 Å². The molecule has 0 saturated carbocycles. The first-order valence-electron chi connectivity index (χ1n) is 11.5. The lowest BCUT2D eigenvalue weighted by Gasteiger charge is -2.14. The zero-order chi connectivity index (χ0) is 25.4.